The summed E-state index contributed by atoms with van der Waals surface area (Å²) in [5, 5.41) is 31.2. The molecule has 50 heavy (non-hydrogen) atoms. The summed E-state index contributed by atoms with van der Waals surface area (Å²) in [5.41, 5.74) is 5.75. The summed E-state index contributed by atoms with van der Waals surface area (Å²) >= 11 is 0. The smallest absolute Gasteiger partial charge is 0.317 e. The zero-order valence-corrected chi connectivity index (χ0v) is 26.7. The number of esters is 1. The standard InChI is InChI=1S/C34H37NO15/c35-7-8-41-33-30(31(40)34-6-5-16(13-36)21(48-34)3-4-23(32(34)47-33)45-28(39)12-27(37)38)50-49-17-1-2-22-19(9-17)29-20(14-42-22)18-10-25-26(44-15-43-25)11-24(18)46-29/h1-2,5-6,9-11,16,20-21,23,29-33,36,40H,3-4,7-8,12-15,35H2,(H,37,38). The van der Waals surface area contributed by atoms with Gasteiger partial charge in [-0.1, -0.05) is 12.2 Å². The maximum atomic E-state index is 12.5. The van der Waals surface area contributed by atoms with Crippen LogP contribution in [0.3, 0.4) is 0 Å². The van der Waals surface area contributed by atoms with Crippen LogP contribution in [0.5, 0.6) is 28.7 Å². The number of carboxylic acids is 1. The molecule has 1 spiro atoms. The molecule has 6 aliphatic heterocycles. The number of hydrogen-bond donors (Lipinski definition) is 4. The second-order valence-corrected chi connectivity index (χ2v) is 13.0. The Kier molecular flexibility index (Phi) is 8.71. The van der Waals surface area contributed by atoms with Gasteiger partial charge in [-0.25, -0.2) is 0 Å². The van der Waals surface area contributed by atoms with Crippen molar-refractivity contribution >= 4 is 11.9 Å². The minimum atomic E-state index is -1.65. The minimum absolute atomic E-state index is 0.0169. The van der Waals surface area contributed by atoms with Gasteiger partial charge in [-0.15, -0.1) is 0 Å². The number of nitrogens with two attached hydrogens (primary N) is 1. The quantitative estimate of drug-likeness (QED) is 0.0903. The van der Waals surface area contributed by atoms with Crippen LogP contribution in [0.4, 0.5) is 0 Å². The van der Waals surface area contributed by atoms with Crippen molar-refractivity contribution in [3.05, 3.63) is 53.6 Å². The van der Waals surface area contributed by atoms with Crippen LogP contribution in [0.25, 0.3) is 0 Å². The number of aliphatic carboxylic acids is 1. The lowest BCUT2D eigenvalue weighted by molar-refractivity contribution is -0.394. The molecule has 268 valence electrons. The van der Waals surface area contributed by atoms with Gasteiger partial charge >= 0.3 is 11.9 Å². The first-order chi connectivity index (χ1) is 24.3. The van der Waals surface area contributed by atoms with Gasteiger partial charge in [0, 0.05) is 29.7 Å². The molecule has 6 heterocycles. The largest absolute Gasteiger partial charge is 0.492 e. The van der Waals surface area contributed by atoms with E-state index in [-0.39, 0.29) is 50.7 Å². The zero-order valence-electron chi connectivity index (χ0n) is 26.7. The van der Waals surface area contributed by atoms with Gasteiger partial charge in [-0.3, -0.25) is 9.59 Å². The number of aliphatic hydroxyl groups excluding tert-OH is 2. The van der Waals surface area contributed by atoms with E-state index >= 15 is 0 Å². The molecule has 0 aliphatic carbocycles. The number of fused-ring (bicyclic) bond motifs is 7. The van der Waals surface area contributed by atoms with E-state index in [2.05, 4.69) is 0 Å². The molecule has 2 bridgehead atoms. The predicted octanol–water partition coefficient (Wildman–Crippen LogP) is 1.25. The SMILES string of the molecule is NCCOC1OC2C(OC(=O)CC(=O)O)CCC3OC2(C=CC3CO)C(O)C1OOc1ccc2c(c1)C1Oc3cc4c(cc3C1CO2)OCO4. The van der Waals surface area contributed by atoms with Crippen LogP contribution in [-0.2, 0) is 33.4 Å². The summed E-state index contributed by atoms with van der Waals surface area (Å²) in [6, 6.07) is 8.85. The highest BCUT2D eigenvalue weighted by Crippen LogP contribution is 2.55. The van der Waals surface area contributed by atoms with E-state index in [0.717, 1.165) is 11.1 Å². The third-order valence-electron chi connectivity index (χ3n) is 9.95. The summed E-state index contributed by atoms with van der Waals surface area (Å²) in [6.07, 6.45) is -4.32. The number of ether oxygens (including phenoxy) is 8. The van der Waals surface area contributed by atoms with E-state index in [0.29, 0.717) is 36.0 Å². The summed E-state index contributed by atoms with van der Waals surface area (Å²) < 4.78 is 47.8. The lowest BCUT2D eigenvalue weighted by Crippen LogP contribution is -2.70. The molecule has 8 rings (SSSR count). The Morgan fingerprint density at radius 3 is 2.66 bits per heavy atom. The molecule has 2 aromatic carbocycles. The summed E-state index contributed by atoms with van der Waals surface area (Å²) in [4.78, 5) is 35.5. The van der Waals surface area contributed by atoms with Crippen molar-refractivity contribution in [3.63, 3.8) is 0 Å². The summed E-state index contributed by atoms with van der Waals surface area (Å²) in [7, 11) is 0. The minimum Gasteiger partial charge on any atom is -0.492 e. The molecule has 10 unspecified atom stereocenters. The van der Waals surface area contributed by atoms with Crippen molar-refractivity contribution in [2.24, 2.45) is 11.7 Å². The van der Waals surface area contributed by atoms with E-state index in [9.17, 15) is 19.8 Å². The van der Waals surface area contributed by atoms with E-state index < -0.39 is 66.7 Å². The Hall–Kier alpha value is -4.16. The molecule has 2 saturated heterocycles. The number of benzene rings is 2. The highest BCUT2D eigenvalue weighted by atomic mass is 17.2. The highest BCUT2D eigenvalue weighted by Gasteiger charge is 2.63. The average molecular weight is 700 g/mol. The number of hydrogen-bond acceptors (Lipinski definition) is 15. The number of rotatable bonds is 10. The summed E-state index contributed by atoms with van der Waals surface area (Å²) in [6.45, 7) is 0.456. The van der Waals surface area contributed by atoms with Crippen LogP contribution in [0.2, 0.25) is 0 Å². The fraction of sp³-hybridized carbons (Fsp3) is 0.529. The number of carbonyl (C=O) groups excluding carboxylic acids is 1. The van der Waals surface area contributed by atoms with Gasteiger partial charge in [-0.2, -0.15) is 4.89 Å². The molecule has 6 aliphatic rings. The van der Waals surface area contributed by atoms with Crippen LogP contribution in [-0.4, -0.2) is 103 Å². The fourth-order valence-electron chi connectivity index (χ4n) is 7.59. The molecule has 0 saturated carbocycles. The molecule has 16 nitrogen and oxygen atoms in total. The maximum Gasteiger partial charge on any atom is 0.317 e. The average Bonchev–Trinajstić information content (AvgIpc) is 3.69. The Labute approximate surface area is 285 Å². The zero-order chi connectivity index (χ0) is 34.6. The van der Waals surface area contributed by atoms with Gasteiger partial charge in [0.1, 0.15) is 47.9 Å². The molecule has 0 radical (unpaired) electrons. The van der Waals surface area contributed by atoms with Gasteiger partial charge in [0.25, 0.3) is 0 Å². The number of carboxylic acid groups (broad SMARTS) is 1. The molecular formula is C34H37NO15. The lowest BCUT2D eigenvalue weighted by Gasteiger charge is -2.52. The van der Waals surface area contributed by atoms with Crippen LogP contribution in [0.1, 0.15) is 42.4 Å². The van der Waals surface area contributed by atoms with Crippen LogP contribution in [0.15, 0.2) is 42.5 Å². The van der Waals surface area contributed by atoms with Crippen molar-refractivity contribution in [1.82, 2.24) is 0 Å². The van der Waals surface area contributed by atoms with Crippen molar-refractivity contribution in [2.45, 2.75) is 73.7 Å². The van der Waals surface area contributed by atoms with Crippen molar-refractivity contribution < 1.29 is 72.6 Å². The van der Waals surface area contributed by atoms with Crippen molar-refractivity contribution in [1.29, 1.82) is 0 Å². The van der Waals surface area contributed by atoms with Gasteiger partial charge in [0.05, 0.1) is 31.8 Å². The molecule has 2 aromatic rings. The third-order valence-corrected chi connectivity index (χ3v) is 9.95. The Balaban J connectivity index is 1.05. The molecule has 0 aromatic heterocycles. The van der Waals surface area contributed by atoms with Gasteiger partial charge in [-0.05, 0) is 37.1 Å². The number of carbonyl (C=O) groups is 2. The lowest BCUT2D eigenvalue weighted by atomic mass is 9.79. The summed E-state index contributed by atoms with van der Waals surface area (Å²) in [5.74, 6) is -0.0180. The van der Waals surface area contributed by atoms with E-state index in [1.165, 1.54) is 0 Å². The molecular weight excluding hydrogens is 662 g/mol. The highest BCUT2D eigenvalue weighted by molar-refractivity contribution is 5.90. The molecule has 5 N–H and O–H groups in total. The first kappa shape index (κ1) is 33.0. The van der Waals surface area contributed by atoms with Gasteiger partial charge in [0.15, 0.2) is 29.6 Å². The van der Waals surface area contributed by atoms with Crippen LogP contribution in [0, 0.1) is 5.92 Å². The predicted molar refractivity (Wildman–Crippen MR) is 164 cm³/mol. The second kappa shape index (κ2) is 13.2. The van der Waals surface area contributed by atoms with Gasteiger partial charge in [0.2, 0.25) is 6.79 Å². The molecule has 10 atom stereocenters. The Morgan fingerprint density at radius 1 is 1.02 bits per heavy atom. The normalized spacial score (nSPS) is 34.2. The monoisotopic (exact) mass is 699 g/mol. The fourth-order valence-corrected chi connectivity index (χ4v) is 7.59. The van der Waals surface area contributed by atoms with Crippen LogP contribution < -0.4 is 29.6 Å². The van der Waals surface area contributed by atoms with E-state index in [1.807, 2.05) is 12.1 Å². The van der Waals surface area contributed by atoms with Crippen molar-refractivity contribution in [3.8, 4) is 28.7 Å². The van der Waals surface area contributed by atoms with Gasteiger partial charge < -0.3 is 63.8 Å². The molecule has 2 fully saturated rings. The van der Waals surface area contributed by atoms with E-state index in [1.54, 1.807) is 30.4 Å². The topological polar surface area (TPSA) is 213 Å². The Bertz CT molecular complexity index is 1670. The Morgan fingerprint density at radius 2 is 1.86 bits per heavy atom. The number of aliphatic hydroxyl groups is 2. The van der Waals surface area contributed by atoms with Crippen molar-refractivity contribution in [2.75, 3.05) is 33.2 Å². The molecule has 16 heteroatoms. The first-order valence-corrected chi connectivity index (χ1v) is 16.5. The maximum absolute atomic E-state index is 12.5. The van der Waals surface area contributed by atoms with E-state index in [4.69, 9.17) is 58.5 Å². The second-order valence-electron chi connectivity index (χ2n) is 13.0. The third kappa shape index (κ3) is 5.70. The van der Waals surface area contributed by atoms with Crippen LogP contribution >= 0.6 is 0 Å². The molecule has 0 amide bonds. The first-order valence-electron chi connectivity index (χ1n) is 16.5.